The molecule has 8 heteroatoms. The topological polar surface area (TPSA) is 61.7 Å². The lowest BCUT2D eigenvalue weighted by Crippen LogP contribution is -2.19. The van der Waals surface area contributed by atoms with Crippen molar-refractivity contribution in [3.8, 4) is 5.75 Å². The largest absolute Gasteiger partial charge is 0.507 e. The van der Waals surface area contributed by atoms with E-state index in [9.17, 15) is 23.1 Å². The van der Waals surface area contributed by atoms with Crippen LogP contribution in [0.25, 0.3) is 0 Å². The third-order valence-corrected chi connectivity index (χ3v) is 3.67. The standard InChI is InChI=1S/C16H12BrF3N2O2/c1-9(13-8-11(16(18,19)20)4-7-14(13)23)21-22-15(24)10-2-5-12(17)6-3-10/h2-8,23H,1H3,(H,22,24)/b21-9+. The number of aromatic hydroxyl groups is 1. The van der Waals surface area contributed by atoms with Crippen molar-refractivity contribution in [2.75, 3.05) is 0 Å². The summed E-state index contributed by atoms with van der Waals surface area (Å²) in [6, 6.07) is 8.95. The highest BCUT2D eigenvalue weighted by Gasteiger charge is 2.31. The summed E-state index contributed by atoms with van der Waals surface area (Å²) < 4.78 is 39.0. The van der Waals surface area contributed by atoms with Crippen LogP contribution in [0.5, 0.6) is 5.75 Å². The fourth-order valence-corrected chi connectivity index (χ4v) is 2.13. The van der Waals surface area contributed by atoms with Crippen LogP contribution >= 0.6 is 15.9 Å². The molecule has 0 saturated heterocycles. The number of hydrogen-bond acceptors (Lipinski definition) is 3. The van der Waals surface area contributed by atoms with E-state index in [0.29, 0.717) is 5.56 Å². The Labute approximate surface area is 144 Å². The van der Waals surface area contributed by atoms with Crippen molar-refractivity contribution in [1.82, 2.24) is 5.43 Å². The summed E-state index contributed by atoms with van der Waals surface area (Å²) in [6.07, 6.45) is -4.54. The zero-order valence-corrected chi connectivity index (χ0v) is 13.9. The monoisotopic (exact) mass is 400 g/mol. The Morgan fingerprint density at radius 2 is 1.79 bits per heavy atom. The van der Waals surface area contributed by atoms with Gasteiger partial charge in [-0.25, -0.2) is 5.43 Å². The van der Waals surface area contributed by atoms with E-state index in [4.69, 9.17) is 0 Å². The molecule has 2 rings (SSSR count). The van der Waals surface area contributed by atoms with Crippen LogP contribution in [0.15, 0.2) is 52.0 Å². The molecule has 2 aromatic rings. The number of carbonyl (C=O) groups excluding carboxylic acids is 1. The Morgan fingerprint density at radius 3 is 2.38 bits per heavy atom. The third-order valence-electron chi connectivity index (χ3n) is 3.15. The second-order valence-corrected chi connectivity index (χ2v) is 5.79. The number of phenols is 1. The molecule has 0 heterocycles. The predicted octanol–water partition coefficient (Wildman–Crippen LogP) is 4.33. The van der Waals surface area contributed by atoms with Gasteiger partial charge in [0.25, 0.3) is 5.91 Å². The van der Waals surface area contributed by atoms with Crippen LogP contribution in [-0.4, -0.2) is 16.7 Å². The van der Waals surface area contributed by atoms with E-state index in [-0.39, 0.29) is 17.0 Å². The summed E-state index contributed by atoms with van der Waals surface area (Å²) in [5.74, 6) is -0.879. The second kappa shape index (κ2) is 7.04. The lowest BCUT2D eigenvalue weighted by atomic mass is 10.1. The minimum absolute atomic E-state index is 0.0454. The SMILES string of the molecule is C/C(=N\NC(=O)c1ccc(Br)cc1)c1cc(C(F)(F)F)ccc1O. The van der Waals surface area contributed by atoms with Gasteiger partial charge in [0, 0.05) is 15.6 Å². The lowest BCUT2D eigenvalue weighted by molar-refractivity contribution is -0.137. The zero-order chi connectivity index (χ0) is 17.9. The lowest BCUT2D eigenvalue weighted by Gasteiger charge is -2.10. The maximum Gasteiger partial charge on any atom is 0.416 e. The first-order chi connectivity index (χ1) is 11.2. The van der Waals surface area contributed by atoms with Crippen LogP contribution < -0.4 is 5.43 Å². The smallest absolute Gasteiger partial charge is 0.416 e. The number of benzene rings is 2. The van der Waals surface area contributed by atoms with Crippen molar-refractivity contribution in [3.63, 3.8) is 0 Å². The highest BCUT2D eigenvalue weighted by Crippen LogP contribution is 2.32. The summed E-state index contributed by atoms with van der Waals surface area (Å²) in [4.78, 5) is 11.9. The first-order valence-corrected chi connectivity index (χ1v) is 7.48. The van der Waals surface area contributed by atoms with Gasteiger partial charge in [-0.3, -0.25) is 4.79 Å². The number of rotatable bonds is 3. The summed E-state index contributed by atoms with van der Waals surface area (Å²) >= 11 is 3.24. The number of hydrogen-bond donors (Lipinski definition) is 2. The number of halogens is 4. The number of alkyl halides is 3. The van der Waals surface area contributed by atoms with Crippen molar-refractivity contribution >= 4 is 27.5 Å². The molecule has 0 spiro atoms. The third kappa shape index (κ3) is 4.35. The van der Waals surface area contributed by atoms with Gasteiger partial charge < -0.3 is 5.11 Å². The molecule has 0 fully saturated rings. The van der Waals surface area contributed by atoms with Gasteiger partial charge in [0.05, 0.1) is 11.3 Å². The Hall–Kier alpha value is -2.35. The van der Waals surface area contributed by atoms with Gasteiger partial charge in [-0.1, -0.05) is 15.9 Å². The molecule has 2 N–H and O–H groups in total. The molecule has 0 aromatic heterocycles. The molecule has 4 nitrogen and oxygen atoms in total. The maximum absolute atomic E-state index is 12.7. The molecule has 0 atom stereocenters. The number of nitrogens with zero attached hydrogens (tertiary/aromatic N) is 1. The van der Waals surface area contributed by atoms with E-state index in [1.807, 2.05) is 0 Å². The second-order valence-electron chi connectivity index (χ2n) is 4.87. The molecular weight excluding hydrogens is 389 g/mol. The highest BCUT2D eigenvalue weighted by atomic mass is 79.9. The fourth-order valence-electron chi connectivity index (χ4n) is 1.86. The van der Waals surface area contributed by atoms with E-state index in [1.165, 1.54) is 6.92 Å². The summed E-state index contributed by atoms with van der Waals surface area (Å²) in [5, 5.41) is 13.5. The van der Waals surface area contributed by atoms with Crippen LogP contribution in [0, 0.1) is 0 Å². The number of amides is 1. The van der Waals surface area contributed by atoms with Crippen LogP contribution in [-0.2, 0) is 6.18 Å². The van der Waals surface area contributed by atoms with E-state index in [0.717, 1.165) is 22.7 Å². The molecule has 1 amide bonds. The Morgan fingerprint density at radius 1 is 1.17 bits per heavy atom. The minimum atomic E-state index is -4.54. The van der Waals surface area contributed by atoms with Gasteiger partial charge in [0.1, 0.15) is 5.75 Å². The quantitative estimate of drug-likeness (QED) is 0.594. The van der Waals surface area contributed by atoms with Crippen molar-refractivity contribution in [2.24, 2.45) is 5.10 Å². The average molecular weight is 401 g/mol. The molecule has 0 aliphatic rings. The molecule has 0 radical (unpaired) electrons. The molecule has 2 aromatic carbocycles. The van der Waals surface area contributed by atoms with Crippen LogP contribution in [0.4, 0.5) is 13.2 Å². The van der Waals surface area contributed by atoms with E-state index >= 15 is 0 Å². The summed E-state index contributed by atoms with van der Waals surface area (Å²) in [5.41, 5.74) is 1.60. The number of phenolic OH excluding ortho intramolecular Hbond substituents is 1. The first kappa shape index (κ1) is 18.0. The van der Waals surface area contributed by atoms with Gasteiger partial charge >= 0.3 is 6.18 Å². The Balaban J connectivity index is 2.21. The van der Waals surface area contributed by atoms with Crippen LogP contribution in [0.1, 0.15) is 28.4 Å². The van der Waals surface area contributed by atoms with Gasteiger partial charge in [0.15, 0.2) is 0 Å². The maximum atomic E-state index is 12.7. The molecule has 24 heavy (non-hydrogen) atoms. The molecule has 0 bridgehead atoms. The van der Waals surface area contributed by atoms with Crippen molar-refractivity contribution in [3.05, 3.63) is 63.6 Å². The van der Waals surface area contributed by atoms with Crippen molar-refractivity contribution in [2.45, 2.75) is 13.1 Å². The molecule has 0 unspecified atom stereocenters. The average Bonchev–Trinajstić information content (AvgIpc) is 2.52. The molecule has 126 valence electrons. The molecular formula is C16H12BrF3N2O2. The van der Waals surface area contributed by atoms with Crippen molar-refractivity contribution in [1.29, 1.82) is 0 Å². The normalized spacial score (nSPS) is 12.1. The fraction of sp³-hybridized carbons (Fsp3) is 0.125. The van der Waals surface area contributed by atoms with E-state index in [1.54, 1.807) is 24.3 Å². The van der Waals surface area contributed by atoms with E-state index < -0.39 is 17.6 Å². The molecule has 0 aliphatic carbocycles. The summed E-state index contributed by atoms with van der Waals surface area (Å²) in [6.45, 7) is 1.39. The number of nitrogens with one attached hydrogen (secondary N) is 1. The summed E-state index contributed by atoms with van der Waals surface area (Å²) in [7, 11) is 0. The van der Waals surface area contributed by atoms with E-state index in [2.05, 4.69) is 26.5 Å². The van der Waals surface area contributed by atoms with Gasteiger partial charge in [-0.2, -0.15) is 18.3 Å². The van der Waals surface area contributed by atoms with Crippen molar-refractivity contribution < 1.29 is 23.1 Å². The Bertz CT molecular complexity index is 787. The number of carbonyl (C=O) groups is 1. The zero-order valence-electron chi connectivity index (χ0n) is 12.4. The minimum Gasteiger partial charge on any atom is -0.507 e. The van der Waals surface area contributed by atoms with Gasteiger partial charge in [-0.15, -0.1) is 0 Å². The van der Waals surface area contributed by atoms with Crippen LogP contribution in [0.2, 0.25) is 0 Å². The first-order valence-electron chi connectivity index (χ1n) is 6.69. The molecule has 0 saturated carbocycles. The number of hydrazone groups is 1. The van der Waals surface area contributed by atoms with Gasteiger partial charge in [-0.05, 0) is 49.4 Å². The Kier molecular flexibility index (Phi) is 5.28. The van der Waals surface area contributed by atoms with Gasteiger partial charge in [0.2, 0.25) is 0 Å². The predicted molar refractivity (Wildman–Crippen MR) is 86.9 cm³/mol. The molecule has 0 aliphatic heterocycles. The highest BCUT2D eigenvalue weighted by molar-refractivity contribution is 9.10. The van der Waals surface area contributed by atoms with Crippen LogP contribution in [0.3, 0.4) is 0 Å².